The number of carbonyl (C=O) groups excluding carboxylic acids is 2. The van der Waals surface area contributed by atoms with Crippen molar-refractivity contribution >= 4 is 11.7 Å². The standard InChI is InChI=1S/C25H37NO2/c1-2-3-4-5-6-7-8-9-10-11-15-19-24(27)20-16-21-25(28)26-22-23-17-13-12-14-18-23/h10-15,17-19H,2-9,16,20-22H2,1H3,(H,26,28). The zero-order chi connectivity index (χ0) is 20.3. The molecule has 0 aliphatic heterocycles. The van der Waals surface area contributed by atoms with E-state index in [1.165, 1.54) is 44.9 Å². The Hall–Kier alpha value is -2.16. The number of rotatable bonds is 16. The van der Waals surface area contributed by atoms with Crippen molar-refractivity contribution in [1.29, 1.82) is 0 Å². The molecule has 0 saturated carbocycles. The zero-order valence-electron chi connectivity index (χ0n) is 17.5. The fraction of sp³-hybridized carbons (Fsp3) is 0.520. The summed E-state index contributed by atoms with van der Waals surface area (Å²) in [6.07, 6.45) is 19.2. The third kappa shape index (κ3) is 14.0. The molecule has 0 unspecified atom stereocenters. The molecular formula is C25H37NO2. The van der Waals surface area contributed by atoms with E-state index in [4.69, 9.17) is 0 Å². The predicted octanol–water partition coefficient (Wildman–Crippen LogP) is 6.30. The number of hydrogen-bond donors (Lipinski definition) is 1. The summed E-state index contributed by atoms with van der Waals surface area (Å²) in [4.78, 5) is 23.6. The molecule has 1 N–H and O–H groups in total. The van der Waals surface area contributed by atoms with E-state index in [-0.39, 0.29) is 11.7 Å². The maximum Gasteiger partial charge on any atom is 0.220 e. The summed E-state index contributed by atoms with van der Waals surface area (Å²) < 4.78 is 0. The number of carbonyl (C=O) groups is 2. The van der Waals surface area contributed by atoms with Crippen LogP contribution in [0.5, 0.6) is 0 Å². The van der Waals surface area contributed by atoms with Gasteiger partial charge in [0.05, 0.1) is 0 Å². The molecule has 154 valence electrons. The van der Waals surface area contributed by atoms with E-state index in [0.717, 1.165) is 12.0 Å². The molecule has 0 fully saturated rings. The van der Waals surface area contributed by atoms with Crippen LogP contribution in [-0.2, 0) is 16.1 Å². The molecule has 0 aromatic heterocycles. The highest BCUT2D eigenvalue weighted by Gasteiger charge is 2.03. The first-order chi connectivity index (χ1) is 13.7. The minimum absolute atomic E-state index is 0.00442. The van der Waals surface area contributed by atoms with Crippen molar-refractivity contribution in [2.75, 3.05) is 0 Å². The predicted molar refractivity (Wildman–Crippen MR) is 118 cm³/mol. The Balaban J connectivity index is 1.99. The van der Waals surface area contributed by atoms with E-state index in [1.54, 1.807) is 6.08 Å². The smallest absolute Gasteiger partial charge is 0.220 e. The van der Waals surface area contributed by atoms with Gasteiger partial charge in [0.25, 0.3) is 0 Å². The van der Waals surface area contributed by atoms with Crippen LogP contribution in [0.3, 0.4) is 0 Å². The van der Waals surface area contributed by atoms with Crippen molar-refractivity contribution in [3.8, 4) is 0 Å². The number of benzene rings is 1. The Bertz CT molecular complexity index is 590. The summed E-state index contributed by atoms with van der Waals surface area (Å²) in [5, 5.41) is 2.88. The third-order valence-electron chi connectivity index (χ3n) is 4.66. The highest BCUT2D eigenvalue weighted by atomic mass is 16.1. The summed E-state index contributed by atoms with van der Waals surface area (Å²) in [7, 11) is 0. The van der Waals surface area contributed by atoms with Crippen LogP contribution in [0.4, 0.5) is 0 Å². The minimum atomic E-state index is -0.00442. The van der Waals surface area contributed by atoms with E-state index >= 15 is 0 Å². The largest absolute Gasteiger partial charge is 0.352 e. The van der Waals surface area contributed by atoms with Crippen molar-refractivity contribution in [2.45, 2.75) is 84.1 Å². The van der Waals surface area contributed by atoms with Crippen molar-refractivity contribution in [3.63, 3.8) is 0 Å². The Morgan fingerprint density at radius 3 is 2.32 bits per heavy atom. The first-order valence-electron chi connectivity index (χ1n) is 10.9. The van der Waals surface area contributed by atoms with Gasteiger partial charge < -0.3 is 5.32 Å². The molecule has 1 rings (SSSR count). The zero-order valence-corrected chi connectivity index (χ0v) is 17.5. The van der Waals surface area contributed by atoms with Gasteiger partial charge in [-0.15, -0.1) is 0 Å². The summed E-state index contributed by atoms with van der Waals surface area (Å²) in [5.41, 5.74) is 1.08. The van der Waals surface area contributed by atoms with Crippen LogP contribution in [-0.4, -0.2) is 11.7 Å². The molecular weight excluding hydrogens is 346 g/mol. The molecule has 1 aromatic carbocycles. The lowest BCUT2D eigenvalue weighted by molar-refractivity contribution is -0.121. The molecule has 0 aliphatic rings. The van der Waals surface area contributed by atoms with E-state index in [2.05, 4.69) is 18.3 Å². The highest BCUT2D eigenvalue weighted by Crippen LogP contribution is 2.08. The molecule has 0 heterocycles. The number of nitrogens with one attached hydrogen (secondary N) is 1. The topological polar surface area (TPSA) is 46.2 Å². The van der Waals surface area contributed by atoms with Crippen LogP contribution >= 0.6 is 0 Å². The van der Waals surface area contributed by atoms with Crippen molar-refractivity contribution < 1.29 is 9.59 Å². The number of ketones is 1. The normalized spacial score (nSPS) is 11.3. The van der Waals surface area contributed by atoms with Crippen LogP contribution in [0, 0.1) is 0 Å². The summed E-state index contributed by atoms with van der Waals surface area (Å²) >= 11 is 0. The number of allylic oxidation sites excluding steroid dienone is 4. The average molecular weight is 384 g/mol. The first kappa shape index (κ1) is 23.9. The third-order valence-corrected chi connectivity index (χ3v) is 4.66. The highest BCUT2D eigenvalue weighted by molar-refractivity contribution is 5.90. The second kappa shape index (κ2) is 17.0. The van der Waals surface area contributed by atoms with E-state index in [9.17, 15) is 9.59 Å². The Kier molecular flexibility index (Phi) is 14.5. The Morgan fingerprint density at radius 2 is 1.57 bits per heavy atom. The van der Waals surface area contributed by atoms with Crippen LogP contribution in [0.25, 0.3) is 0 Å². The van der Waals surface area contributed by atoms with Gasteiger partial charge in [-0.3, -0.25) is 9.59 Å². The lowest BCUT2D eigenvalue weighted by Crippen LogP contribution is -2.22. The Labute approximate surface area is 171 Å². The molecule has 1 aromatic rings. The lowest BCUT2D eigenvalue weighted by atomic mass is 10.1. The number of unbranched alkanes of at least 4 members (excludes halogenated alkanes) is 7. The van der Waals surface area contributed by atoms with Gasteiger partial charge in [0.2, 0.25) is 5.91 Å². The quantitative estimate of drug-likeness (QED) is 0.207. The molecule has 0 bridgehead atoms. The molecule has 0 atom stereocenters. The van der Waals surface area contributed by atoms with Crippen LogP contribution in [0.15, 0.2) is 54.6 Å². The van der Waals surface area contributed by atoms with Gasteiger partial charge in [-0.1, -0.05) is 94.0 Å². The van der Waals surface area contributed by atoms with E-state index in [0.29, 0.717) is 25.8 Å². The van der Waals surface area contributed by atoms with Gasteiger partial charge >= 0.3 is 0 Å². The molecule has 0 spiro atoms. The summed E-state index contributed by atoms with van der Waals surface area (Å²) in [6.45, 7) is 2.78. The second-order valence-corrected chi connectivity index (χ2v) is 7.28. The fourth-order valence-electron chi connectivity index (χ4n) is 2.95. The van der Waals surface area contributed by atoms with Crippen molar-refractivity contribution in [1.82, 2.24) is 5.32 Å². The fourth-order valence-corrected chi connectivity index (χ4v) is 2.95. The average Bonchev–Trinajstić information content (AvgIpc) is 2.71. The Morgan fingerprint density at radius 1 is 0.857 bits per heavy atom. The maximum absolute atomic E-state index is 11.8. The summed E-state index contributed by atoms with van der Waals surface area (Å²) in [6, 6.07) is 9.83. The van der Waals surface area contributed by atoms with Gasteiger partial charge in [0.1, 0.15) is 0 Å². The van der Waals surface area contributed by atoms with Gasteiger partial charge in [0.15, 0.2) is 5.78 Å². The molecule has 0 saturated heterocycles. The first-order valence-corrected chi connectivity index (χ1v) is 10.9. The molecule has 0 radical (unpaired) electrons. The lowest BCUT2D eigenvalue weighted by Gasteiger charge is -2.04. The van der Waals surface area contributed by atoms with E-state index in [1.807, 2.05) is 42.5 Å². The molecule has 0 aliphatic carbocycles. The van der Waals surface area contributed by atoms with Gasteiger partial charge in [-0.25, -0.2) is 0 Å². The SMILES string of the molecule is CCCCCCCCCC=CC=CC(=O)CCCC(=O)NCc1ccccc1. The molecule has 3 nitrogen and oxygen atoms in total. The van der Waals surface area contributed by atoms with Gasteiger partial charge in [0, 0.05) is 19.4 Å². The van der Waals surface area contributed by atoms with Crippen LogP contribution in [0.1, 0.15) is 83.1 Å². The van der Waals surface area contributed by atoms with Gasteiger partial charge in [-0.2, -0.15) is 0 Å². The number of amides is 1. The monoisotopic (exact) mass is 383 g/mol. The van der Waals surface area contributed by atoms with E-state index < -0.39 is 0 Å². The second-order valence-electron chi connectivity index (χ2n) is 7.28. The van der Waals surface area contributed by atoms with Crippen molar-refractivity contribution in [3.05, 3.63) is 60.2 Å². The summed E-state index contributed by atoms with van der Waals surface area (Å²) in [5.74, 6) is 0.0756. The van der Waals surface area contributed by atoms with Crippen LogP contribution in [0.2, 0.25) is 0 Å². The maximum atomic E-state index is 11.8. The molecule has 1 amide bonds. The molecule has 3 heteroatoms. The van der Waals surface area contributed by atoms with Crippen LogP contribution < -0.4 is 5.32 Å². The van der Waals surface area contributed by atoms with Gasteiger partial charge in [-0.05, 0) is 30.9 Å². The molecule has 28 heavy (non-hydrogen) atoms. The minimum Gasteiger partial charge on any atom is -0.352 e. The number of hydrogen-bond acceptors (Lipinski definition) is 2. The van der Waals surface area contributed by atoms with Crippen molar-refractivity contribution in [2.24, 2.45) is 0 Å².